The van der Waals surface area contributed by atoms with Gasteiger partial charge in [0.1, 0.15) is 12.1 Å². The largest absolute Gasteiger partial charge is 0.343 e. The molecule has 1 amide bonds. The minimum absolute atomic E-state index is 0.198. The van der Waals surface area contributed by atoms with Crippen molar-refractivity contribution in [3.05, 3.63) is 18.2 Å². The summed E-state index contributed by atoms with van der Waals surface area (Å²) in [5, 5.41) is 0. The molecular weight excluding hydrogens is 292 g/mol. The van der Waals surface area contributed by atoms with Crippen molar-refractivity contribution >= 4 is 12.2 Å². The Morgan fingerprint density at radius 2 is 2.04 bits per heavy atom. The Kier molecular flexibility index (Phi) is 6.77. The fourth-order valence-electron chi connectivity index (χ4n) is 3.41. The van der Waals surface area contributed by atoms with Gasteiger partial charge < -0.3 is 19.2 Å². The zero-order chi connectivity index (χ0) is 16.7. The van der Waals surface area contributed by atoms with Crippen molar-refractivity contribution in [3.8, 4) is 0 Å². The summed E-state index contributed by atoms with van der Waals surface area (Å²) in [5.74, 6) is 1.01. The summed E-state index contributed by atoms with van der Waals surface area (Å²) in [6.45, 7) is 8.55. The third-order valence-corrected chi connectivity index (χ3v) is 4.78. The Morgan fingerprint density at radius 1 is 1.35 bits per heavy atom. The lowest BCUT2D eigenvalue weighted by atomic mass is 10.0. The second kappa shape index (κ2) is 8.82. The molecule has 1 aliphatic heterocycles. The Labute approximate surface area is 138 Å². The van der Waals surface area contributed by atoms with E-state index in [9.17, 15) is 9.59 Å². The number of aryl methyl sites for hydroxylation is 1. The van der Waals surface area contributed by atoms with Gasteiger partial charge in [-0.1, -0.05) is 13.8 Å². The molecule has 0 radical (unpaired) electrons. The van der Waals surface area contributed by atoms with Crippen molar-refractivity contribution in [2.75, 3.05) is 26.2 Å². The molecule has 0 N–H and O–H groups in total. The number of aldehydes is 1. The zero-order valence-electron chi connectivity index (χ0n) is 14.3. The molecule has 2 rings (SSSR count). The molecule has 128 valence electrons. The van der Waals surface area contributed by atoms with Crippen LogP contribution in [0.2, 0.25) is 0 Å². The van der Waals surface area contributed by atoms with Gasteiger partial charge in [-0.05, 0) is 25.9 Å². The highest BCUT2D eigenvalue weighted by Crippen LogP contribution is 2.17. The number of likely N-dealkylation sites (tertiary alicyclic amines) is 1. The van der Waals surface area contributed by atoms with Crippen molar-refractivity contribution in [1.82, 2.24) is 19.4 Å². The van der Waals surface area contributed by atoms with E-state index in [1.54, 1.807) is 17.0 Å². The molecule has 0 spiro atoms. The molecule has 6 nitrogen and oxygen atoms in total. The fraction of sp³-hybridized carbons (Fsp3) is 0.706. The number of rotatable bonds is 8. The van der Waals surface area contributed by atoms with E-state index < -0.39 is 0 Å². The third-order valence-electron chi connectivity index (χ3n) is 4.78. The van der Waals surface area contributed by atoms with Crippen LogP contribution in [0.15, 0.2) is 12.4 Å². The maximum absolute atomic E-state index is 12.4. The van der Waals surface area contributed by atoms with E-state index in [4.69, 9.17) is 0 Å². The third kappa shape index (κ3) is 4.64. The highest BCUT2D eigenvalue weighted by Gasteiger charge is 2.25. The molecule has 0 saturated carbocycles. The van der Waals surface area contributed by atoms with Crippen LogP contribution in [0, 0.1) is 0 Å². The number of amides is 1. The van der Waals surface area contributed by atoms with E-state index in [2.05, 4.69) is 23.7 Å². The lowest BCUT2D eigenvalue weighted by Crippen LogP contribution is -2.46. The first kappa shape index (κ1) is 17.7. The van der Waals surface area contributed by atoms with Crippen LogP contribution in [-0.4, -0.2) is 63.8 Å². The SMILES string of the molecule is CCN(CC)C1CCN(C(=O)CCc2nccn2CC=O)CC1. The number of carbonyl (C=O) groups is 2. The van der Waals surface area contributed by atoms with Gasteiger partial charge in [-0.25, -0.2) is 4.98 Å². The van der Waals surface area contributed by atoms with Gasteiger partial charge in [0.2, 0.25) is 5.91 Å². The molecule has 0 unspecified atom stereocenters. The Balaban J connectivity index is 1.79. The van der Waals surface area contributed by atoms with Gasteiger partial charge in [0.15, 0.2) is 0 Å². The second-order valence-corrected chi connectivity index (χ2v) is 6.00. The molecular formula is C17H28N4O2. The van der Waals surface area contributed by atoms with E-state index in [0.29, 0.717) is 25.4 Å². The molecule has 1 aromatic rings. The van der Waals surface area contributed by atoms with E-state index in [1.165, 1.54) is 0 Å². The summed E-state index contributed by atoms with van der Waals surface area (Å²) in [4.78, 5) is 31.7. The molecule has 23 heavy (non-hydrogen) atoms. The normalized spacial score (nSPS) is 16.0. The highest BCUT2D eigenvalue weighted by molar-refractivity contribution is 5.76. The summed E-state index contributed by atoms with van der Waals surface area (Å²) in [7, 11) is 0. The molecule has 1 fully saturated rings. The van der Waals surface area contributed by atoms with E-state index in [0.717, 1.165) is 51.1 Å². The maximum Gasteiger partial charge on any atom is 0.223 e. The van der Waals surface area contributed by atoms with E-state index in [1.807, 2.05) is 4.90 Å². The van der Waals surface area contributed by atoms with Crippen LogP contribution in [0.5, 0.6) is 0 Å². The van der Waals surface area contributed by atoms with Crippen LogP contribution in [0.25, 0.3) is 0 Å². The standard InChI is InChI=1S/C17H28N4O2/c1-3-19(4-2)15-7-10-21(11-8-15)17(23)6-5-16-18-9-12-20(16)13-14-22/h9,12,14-15H,3-8,10-11,13H2,1-2H3. The lowest BCUT2D eigenvalue weighted by molar-refractivity contribution is -0.132. The first-order valence-electron chi connectivity index (χ1n) is 8.65. The van der Waals surface area contributed by atoms with Gasteiger partial charge in [-0.15, -0.1) is 0 Å². The van der Waals surface area contributed by atoms with Crippen LogP contribution in [0.3, 0.4) is 0 Å². The Morgan fingerprint density at radius 3 is 2.65 bits per heavy atom. The number of imidazole rings is 1. The van der Waals surface area contributed by atoms with Crippen molar-refractivity contribution in [2.24, 2.45) is 0 Å². The first-order chi connectivity index (χ1) is 11.2. The van der Waals surface area contributed by atoms with Crippen LogP contribution in [0.4, 0.5) is 0 Å². The van der Waals surface area contributed by atoms with Gasteiger partial charge in [-0.3, -0.25) is 4.79 Å². The monoisotopic (exact) mass is 320 g/mol. The topological polar surface area (TPSA) is 58.4 Å². The summed E-state index contributed by atoms with van der Waals surface area (Å²) >= 11 is 0. The van der Waals surface area contributed by atoms with E-state index in [-0.39, 0.29) is 5.91 Å². The molecule has 1 aliphatic rings. The quantitative estimate of drug-likeness (QED) is 0.679. The highest BCUT2D eigenvalue weighted by atomic mass is 16.2. The molecule has 2 heterocycles. The average Bonchev–Trinajstić information content (AvgIpc) is 3.02. The summed E-state index contributed by atoms with van der Waals surface area (Å²) < 4.78 is 1.80. The Hall–Kier alpha value is -1.69. The molecule has 0 aliphatic carbocycles. The lowest BCUT2D eigenvalue weighted by Gasteiger charge is -2.37. The van der Waals surface area contributed by atoms with Crippen LogP contribution < -0.4 is 0 Å². The summed E-state index contributed by atoms with van der Waals surface area (Å²) in [6.07, 6.45) is 7.50. The molecule has 0 atom stereocenters. The van der Waals surface area contributed by atoms with Gasteiger partial charge in [-0.2, -0.15) is 0 Å². The smallest absolute Gasteiger partial charge is 0.223 e. The predicted octanol–water partition coefficient (Wildman–Crippen LogP) is 1.35. The Bertz CT molecular complexity index is 502. The minimum Gasteiger partial charge on any atom is -0.343 e. The van der Waals surface area contributed by atoms with Gasteiger partial charge >= 0.3 is 0 Å². The number of hydrogen-bond acceptors (Lipinski definition) is 4. The number of hydrogen-bond donors (Lipinski definition) is 0. The fourth-order valence-corrected chi connectivity index (χ4v) is 3.41. The van der Waals surface area contributed by atoms with Crippen molar-refractivity contribution in [2.45, 2.75) is 52.1 Å². The number of nitrogens with zero attached hydrogens (tertiary/aromatic N) is 4. The van der Waals surface area contributed by atoms with Crippen molar-refractivity contribution in [3.63, 3.8) is 0 Å². The summed E-state index contributed by atoms with van der Waals surface area (Å²) in [5.41, 5.74) is 0. The summed E-state index contributed by atoms with van der Waals surface area (Å²) in [6, 6.07) is 0.612. The van der Waals surface area contributed by atoms with Gasteiger partial charge in [0.05, 0.1) is 6.54 Å². The van der Waals surface area contributed by atoms with Crippen LogP contribution >= 0.6 is 0 Å². The van der Waals surface area contributed by atoms with Gasteiger partial charge in [0.25, 0.3) is 0 Å². The number of aromatic nitrogens is 2. The number of carbonyl (C=O) groups excluding carboxylic acids is 2. The van der Waals surface area contributed by atoms with Crippen molar-refractivity contribution < 1.29 is 9.59 Å². The zero-order valence-corrected chi connectivity index (χ0v) is 14.3. The molecule has 1 aromatic heterocycles. The maximum atomic E-state index is 12.4. The molecule has 0 bridgehead atoms. The van der Waals surface area contributed by atoms with E-state index >= 15 is 0 Å². The minimum atomic E-state index is 0.198. The van der Waals surface area contributed by atoms with Crippen LogP contribution in [-0.2, 0) is 22.6 Å². The van der Waals surface area contributed by atoms with Crippen molar-refractivity contribution in [1.29, 1.82) is 0 Å². The molecule has 1 saturated heterocycles. The predicted molar refractivity (Wildman–Crippen MR) is 89.1 cm³/mol. The molecule has 0 aromatic carbocycles. The average molecular weight is 320 g/mol. The van der Waals surface area contributed by atoms with Crippen LogP contribution in [0.1, 0.15) is 38.9 Å². The first-order valence-corrected chi connectivity index (χ1v) is 8.65. The molecule has 6 heteroatoms. The number of piperidine rings is 1. The van der Waals surface area contributed by atoms with Gasteiger partial charge in [0, 0.05) is 44.4 Å². The second-order valence-electron chi connectivity index (χ2n) is 6.00.